The van der Waals surface area contributed by atoms with Gasteiger partial charge in [0.25, 0.3) is 5.91 Å². The van der Waals surface area contributed by atoms with Crippen molar-refractivity contribution in [1.82, 2.24) is 14.9 Å². The first-order valence-corrected chi connectivity index (χ1v) is 5.89. The minimum Gasteiger partial charge on any atom is -0.376 e. The molecule has 5 nitrogen and oxygen atoms in total. The molecule has 0 radical (unpaired) electrons. The highest BCUT2D eigenvalue weighted by Crippen LogP contribution is 2.13. The minimum atomic E-state index is -0.162. The minimum absolute atomic E-state index is 0.143. The molecule has 1 amide bonds. The molecule has 0 saturated carbocycles. The number of aromatic nitrogens is 2. The summed E-state index contributed by atoms with van der Waals surface area (Å²) in [6, 6.07) is 0. The lowest BCUT2D eigenvalue weighted by atomic mass is 10.2. The highest BCUT2D eigenvalue weighted by molar-refractivity contribution is 6.29. The molecule has 2 heterocycles. The predicted molar refractivity (Wildman–Crippen MR) is 63.0 cm³/mol. The first-order chi connectivity index (χ1) is 8.16. The molecule has 1 aliphatic heterocycles. The zero-order chi connectivity index (χ0) is 12.3. The van der Waals surface area contributed by atoms with E-state index in [9.17, 15) is 4.79 Å². The molecule has 92 valence electrons. The zero-order valence-corrected chi connectivity index (χ0v) is 10.4. The largest absolute Gasteiger partial charge is 0.376 e. The van der Waals surface area contributed by atoms with Gasteiger partial charge in [0.15, 0.2) is 0 Å². The molecule has 1 unspecified atom stereocenters. The van der Waals surface area contributed by atoms with Crippen molar-refractivity contribution in [3.05, 3.63) is 23.2 Å². The summed E-state index contributed by atoms with van der Waals surface area (Å²) in [5, 5.41) is 0.281. The average Bonchev–Trinajstić information content (AvgIpc) is 2.82. The Bertz CT molecular complexity index is 390. The second-order valence-corrected chi connectivity index (χ2v) is 4.43. The van der Waals surface area contributed by atoms with E-state index in [-0.39, 0.29) is 17.2 Å². The second-order valence-electron chi connectivity index (χ2n) is 4.05. The van der Waals surface area contributed by atoms with E-state index in [1.165, 1.54) is 12.4 Å². The molecule has 0 aliphatic carbocycles. The Kier molecular flexibility index (Phi) is 3.91. The summed E-state index contributed by atoms with van der Waals surface area (Å²) < 4.78 is 5.48. The van der Waals surface area contributed by atoms with Crippen molar-refractivity contribution in [2.45, 2.75) is 18.9 Å². The van der Waals surface area contributed by atoms with Crippen molar-refractivity contribution in [3.63, 3.8) is 0 Å². The number of nitrogens with zero attached hydrogens (tertiary/aromatic N) is 3. The first kappa shape index (κ1) is 12.3. The third-order valence-corrected chi connectivity index (χ3v) is 2.88. The summed E-state index contributed by atoms with van der Waals surface area (Å²) in [7, 11) is 1.74. The van der Waals surface area contributed by atoms with Gasteiger partial charge in [-0.15, -0.1) is 0 Å². The van der Waals surface area contributed by atoms with E-state index in [1.54, 1.807) is 11.9 Å². The van der Waals surface area contributed by atoms with Crippen LogP contribution in [0.15, 0.2) is 12.4 Å². The smallest absolute Gasteiger partial charge is 0.273 e. The van der Waals surface area contributed by atoms with Gasteiger partial charge in [0.2, 0.25) is 0 Å². The molecule has 0 N–H and O–H groups in total. The molecule has 17 heavy (non-hydrogen) atoms. The molecule has 0 aromatic carbocycles. The lowest BCUT2D eigenvalue weighted by Crippen LogP contribution is -2.34. The maximum absolute atomic E-state index is 12.0. The lowest BCUT2D eigenvalue weighted by molar-refractivity contribution is 0.0582. The molecule has 0 spiro atoms. The van der Waals surface area contributed by atoms with Crippen LogP contribution < -0.4 is 0 Å². The van der Waals surface area contributed by atoms with Gasteiger partial charge in [0.1, 0.15) is 10.8 Å². The van der Waals surface area contributed by atoms with Gasteiger partial charge in [-0.25, -0.2) is 9.97 Å². The van der Waals surface area contributed by atoms with E-state index in [4.69, 9.17) is 16.3 Å². The molecule has 0 bridgehead atoms. The van der Waals surface area contributed by atoms with Crippen LogP contribution in [0.25, 0.3) is 0 Å². The number of carbonyl (C=O) groups is 1. The first-order valence-electron chi connectivity index (χ1n) is 5.51. The van der Waals surface area contributed by atoms with Gasteiger partial charge in [0.05, 0.1) is 18.5 Å². The number of hydrogen-bond acceptors (Lipinski definition) is 4. The number of halogens is 1. The maximum Gasteiger partial charge on any atom is 0.273 e. The molecule has 1 saturated heterocycles. The Morgan fingerprint density at radius 2 is 2.41 bits per heavy atom. The predicted octanol–water partition coefficient (Wildman–Crippen LogP) is 1.38. The quantitative estimate of drug-likeness (QED) is 0.819. The number of hydrogen-bond donors (Lipinski definition) is 0. The molecule has 2 rings (SSSR count). The molecule has 1 aliphatic rings. The van der Waals surface area contributed by atoms with E-state index in [0.29, 0.717) is 12.2 Å². The molecule has 1 fully saturated rings. The fraction of sp³-hybridized carbons (Fsp3) is 0.545. The fourth-order valence-electron chi connectivity index (χ4n) is 1.79. The van der Waals surface area contributed by atoms with E-state index < -0.39 is 0 Å². The Hall–Kier alpha value is -1.20. The van der Waals surface area contributed by atoms with Crippen molar-refractivity contribution in [2.24, 2.45) is 0 Å². The lowest BCUT2D eigenvalue weighted by Gasteiger charge is -2.20. The number of rotatable bonds is 3. The highest BCUT2D eigenvalue weighted by Gasteiger charge is 2.21. The van der Waals surface area contributed by atoms with E-state index in [1.807, 2.05) is 0 Å². The summed E-state index contributed by atoms with van der Waals surface area (Å²) in [6.45, 7) is 1.37. The summed E-state index contributed by atoms with van der Waals surface area (Å²) >= 11 is 5.61. The molecule has 1 atom stereocenters. The topological polar surface area (TPSA) is 55.3 Å². The summed E-state index contributed by atoms with van der Waals surface area (Å²) in [5.41, 5.74) is 0.301. The van der Waals surface area contributed by atoms with Crippen LogP contribution >= 0.6 is 11.6 Å². The van der Waals surface area contributed by atoms with Gasteiger partial charge >= 0.3 is 0 Å². The van der Waals surface area contributed by atoms with Gasteiger partial charge in [-0.1, -0.05) is 11.6 Å². The molecular weight excluding hydrogens is 242 g/mol. The van der Waals surface area contributed by atoms with Crippen LogP contribution in [-0.4, -0.2) is 47.1 Å². The summed E-state index contributed by atoms with van der Waals surface area (Å²) in [4.78, 5) is 21.4. The Morgan fingerprint density at radius 3 is 3.00 bits per heavy atom. The summed E-state index contributed by atoms with van der Waals surface area (Å²) in [5.74, 6) is -0.162. The van der Waals surface area contributed by atoms with Crippen molar-refractivity contribution in [2.75, 3.05) is 20.2 Å². The van der Waals surface area contributed by atoms with Gasteiger partial charge in [-0.2, -0.15) is 0 Å². The van der Waals surface area contributed by atoms with Crippen molar-refractivity contribution < 1.29 is 9.53 Å². The molecule has 6 heteroatoms. The van der Waals surface area contributed by atoms with Crippen molar-refractivity contribution in [1.29, 1.82) is 0 Å². The van der Waals surface area contributed by atoms with Crippen molar-refractivity contribution in [3.8, 4) is 0 Å². The SMILES string of the molecule is CN(CC1CCCO1)C(=O)c1cnc(Cl)cn1. The van der Waals surface area contributed by atoms with Gasteiger partial charge in [-0.3, -0.25) is 4.79 Å². The van der Waals surface area contributed by atoms with Gasteiger partial charge in [0, 0.05) is 20.2 Å². The number of ether oxygens (including phenoxy) is 1. The Labute approximate surface area is 105 Å². The average molecular weight is 256 g/mol. The number of amides is 1. The Balaban J connectivity index is 1.96. The number of carbonyl (C=O) groups excluding carboxylic acids is 1. The third kappa shape index (κ3) is 3.14. The molecule has 1 aromatic heterocycles. The van der Waals surface area contributed by atoms with Crippen LogP contribution in [-0.2, 0) is 4.74 Å². The normalized spacial score (nSPS) is 19.3. The van der Waals surface area contributed by atoms with Crippen LogP contribution in [0.1, 0.15) is 23.3 Å². The van der Waals surface area contributed by atoms with Crippen LogP contribution in [0.4, 0.5) is 0 Å². The zero-order valence-electron chi connectivity index (χ0n) is 9.60. The second kappa shape index (κ2) is 5.42. The van der Waals surface area contributed by atoms with Crippen LogP contribution in [0.3, 0.4) is 0 Å². The molecular formula is C11H14ClN3O2. The summed E-state index contributed by atoms with van der Waals surface area (Å²) in [6.07, 6.45) is 4.96. The number of likely N-dealkylation sites (N-methyl/N-ethyl adjacent to an activating group) is 1. The van der Waals surface area contributed by atoms with Gasteiger partial charge < -0.3 is 9.64 Å². The molecule has 1 aromatic rings. The fourth-order valence-corrected chi connectivity index (χ4v) is 1.89. The van der Waals surface area contributed by atoms with Crippen LogP contribution in [0.5, 0.6) is 0 Å². The third-order valence-electron chi connectivity index (χ3n) is 2.69. The standard InChI is InChI=1S/C11H14ClN3O2/c1-15(7-8-3-2-4-17-8)11(16)9-5-14-10(12)6-13-9/h5-6,8H,2-4,7H2,1H3. The van der Waals surface area contributed by atoms with E-state index >= 15 is 0 Å². The van der Waals surface area contributed by atoms with Crippen LogP contribution in [0.2, 0.25) is 5.15 Å². The van der Waals surface area contributed by atoms with E-state index in [0.717, 1.165) is 19.4 Å². The Morgan fingerprint density at radius 1 is 1.59 bits per heavy atom. The van der Waals surface area contributed by atoms with E-state index in [2.05, 4.69) is 9.97 Å². The van der Waals surface area contributed by atoms with Gasteiger partial charge in [-0.05, 0) is 12.8 Å². The maximum atomic E-state index is 12.0. The van der Waals surface area contributed by atoms with Crippen molar-refractivity contribution >= 4 is 17.5 Å². The highest BCUT2D eigenvalue weighted by atomic mass is 35.5. The van der Waals surface area contributed by atoms with Crippen LogP contribution in [0, 0.1) is 0 Å². The monoisotopic (exact) mass is 255 g/mol.